The van der Waals surface area contributed by atoms with Crippen molar-refractivity contribution in [2.24, 2.45) is 0 Å². The number of nitrogens with zero attached hydrogens (tertiary/aromatic N) is 1. The van der Waals surface area contributed by atoms with Crippen molar-refractivity contribution in [3.05, 3.63) is 59.7 Å². The number of carbonyl (C=O) groups is 3. The number of amides is 2. The summed E-state index contributed by atoms with van der Waals surface area (Å²) >= 11 is 0. The number of nitrogens with one attached hydrogen (secondary N) is 1. The van der Waals surface area contributed by atoms with Gasteiger partial charge in [-0.15, -0.1) is 0 Å². The van der Waals surface area contributed by atoms with Gasteiger partial charge in [0.2, 0.25) is 5.91 Å². The highest BCUT2D eigenvalue weighted by Crippen LogP contribution is 2.44. The predicted molar refractivity (Wildman–Crippen MR) is 125 cm³/mol. The Kier molecular flexibility index (Phi) is 7.17. The molecule has 1 heterocycles. The molecule has 2 aliphatic rings. The van der Waals surface area contributed by atoms with Crippen molar-refractivity contribution in [3.8, 4) is 11.1 Å². The highest BCUT2D eigenvalue weighted by molar-refractivity contribution is 5.84. The van der Waals surface area contributed by atoms with Gasteiger partial charge in [-0.1, -0.05) is 48.5 Å². The SMILES string of the molecule is CC(CCCC(=O)N1C[C@H](O)C[C@@H]1C(=O)O)NC(=O)OCC1c2ccccc2-c2ccccc21. The van der Waals surface area contributed by atoms with Crippen molar-refractivity contribution < 1.29 is 29.3 Å². The average Bonchev–Trinajstić information content (AvgIpc) is 3.36. The summed E-state index contributed by atoms with van der Waals surface area (Å²) in [5.74, 6) is -1.41. The third-order valence-corrected chi connectivity index (χ3v) is 6.62. The van der Waals surface area contributed by atoms with Gasteiger partial charge in [0.15, 0.2) is 0 Å². The van der Waals surface area contributed by atoms with Crippen LogP contribution in [0.15, 0.2) is 48.5 Å². The minimum atomic E-state index is -1.10. The maximum atomic E-state index is 12.4. The number of aliphatic hydroxyl groups excluding tert-OH is 1. The van der Waals surface area contributed by atoms with Gasteiger partial charge in [-0.25, -0.2) is 9.59 Å². The number of carboxylic acid groups (broad SMARTS) is 1. The van der Waals surface area contributed by atoms with E-state index in [0.29, 0.717) is 12.8 Å². The Bertz CT molecular complexity index is 1030. The molecule has 34 heavy (non-hydrogen) atoms. The fraction of sp³-hybridized carbons (Fsp3) is 0.423. The number of rotatable bonds is 8. The molecule has 2 aromatic rings. The summed E-state index contributed by atoms with van der Waals surface area (Å²) in [7, 11) is 0. The fourth-order valence-electron chi connectivity index (χ4n) is 4.94. The summed E-state index contributed by atoms with van der Waals surface area (Å²) in [6.45, 7) is 2.12. The lowest BCUT2D eigenvalue weighted by atomic mass is 9.98. The van der Waals surface area contributed by atoms with E-state index in [-0.39, 0.29) is 43.9 Å². The molecule has 0 spiro atoms. The number of hydrogen-bond acceptors (Lipinski definition) is 5. The monoisotopic (exact) mass is 466 g/mol. The van der Waals surface area contributed by atoms with E-state index < -0.39 is 24.2 Å². The van der Waals surface area contributed by atoms with Crippen LogP contribution in [-0.4, -0.2) is 64.4 Å². The fourth-order valence-corrected chi connectivity index (χ4v) is 4.94. The smallest absolute Gasteiger partial charge is 0.407 e. The predicted octanol–water partition coefficient (Wildman–Crippen LogP) is 3.13. The first-order chi connectivity index (χ1) is 16.3. The van der Waals surface area contributed by atoms with Gasteiger partial charge in [-0.05, 0) is 42.0 Å². The number of carbonyl (C=O) groups excluding carboxylic acids is 2. The van der Waals surface area contributed by atoms with Crippen LogP contribution in [0.25, 0.3) is 11.1 Å². The zero-order chi connectivity index (χ0) is 24.2. The third kappa shape index (κ3) is 5.07. The first-order valence-corrected chi connectivity index (χ1v) is 11.7. The van der Waals surface area contributed by atoms with E-state index in [1.807, 2.05) is 31.2 Å². The Morgan fingerprint density at radius 2 is 1.71 bits per heavy atom. The molecule has 8 heteroatoms. The number of ether oxygens (including phenoxy) is 1. The van der Waals surface area contributed by atoms with Gasteiger partial charge in [-0.3, -0.25) is 4.79 Å². The van der Waals surface area contributed by atoms with E-state index in [4.69, 9.17) is 4.74 Å². The number of β-amino-alcohol motifs (C(OH)–C–C–N with tert-alkyl or cyclic N) is 1. The second kappa shape index (κ2) is 10.3. The van der Waals surface area contributed by atoms with Crippen LogP contribution in [0.5, 0.6) is 0 Å². The molecule has 1 fully saturated rings. The van der Waals surface area contributed by atoms with Gasteiger partial charge in [0, 0.05) is 31.3 Å². The van der Waals surface area contributed by atoms with Gasteiger partial charge in [0.05, 0.1) is 6.10 Å². The Labute approximate surface area is 198 Å². The number of fused-ring (bicyclic) bond motifs is 3. The van der Waals surface area contributed by atoms with Gasteiger partial charge in [0.1, 0.15) is 12.6 Å². The van der Waals surface area contributed by atoms with Crippen molar-refractivity contribution in [2.45, 2.75) is 56.7 Å². The van der Waals surface area contributed by atoms with Crippen molar-refractivity contribution in [2.75, 3.05) is 13.2 Å². The molecule has 4 rings (SSSR count). The first kappa shape index (κ1) is 23.8. The number of hydrogen-bond donors (Lipinski definition) is 3. The summed E-state index contributed by atoms with van der Waals surface area (Å²) < 4.78 is 5.55. The molecular weight excluding hydrogens is 436 g/mol. The standard InChI is InChI=1S/C26H30N2O6/c1-16(7-6-12-24(30)28-14-17(29)13-23(28)25(31)32)27-26(33)34-15-22-20-10-4-2-8-18(20)19-9-3-5-11-21(19)22/h2-5,8-11,16-17,22-23,29H,6-7,12-15H2,1H3,(H,27,33)(H,31,32)/t16?,17-,23-/m1/s1. The first-order valence-electron chi connectivity index (χ1n) is 11.7. The highest BCUT2D eigenvalue weighted by atomic mass is 16.5. The molecule has 8 nitrogen and oxygen atoms in total. The Morgan fingerprint density at radius 1 is 1.09 bits per heavy atom. The second-order valence-electron chi connectivity index (χ2n) is 9.05. The molecule has 1 aliphatic heterocycles. The number of aliphatic carboxylic acids is 1. The van der Waals surface area contributed by atoms with Crippen molar-refractivity contribution in [1.29, 1.82) is 0 Å². The number of alkyl carbamates (subject to hydrolysis) is 1. The van der Waals surface area contributed by atoms with Crippen LogP contribution in [0.1, 0.15) is 49.7 Å². The van der Waals surface area contributed by atoms with Crippen LogP contribution in [0.2, 0.25) is 0 Å². The summed E-state index contributed by atoms with van der Waals surface area (Å²) in [5.41, 5.74) is 4.63. The molecular formula is C26H30N2O6. The van der Waals surface area contributed by atoms with Gasteiger partial charge in [-0.2, -0.15) is 0 Å². The zero-order valence-corrected chi connectivity index (χ0v) is 19.1. The van der Waals surface area contributed by atoms with Crippen LogP contribution >= 0.6 is 0 Å². The average molecular weight is 467 g/mol. The number of aliphatic hydroxyl groups is 1. The topological polar surface area (TPSA) is 116 Å². The Hall–Kier alpha value is -3.39. The zero-order valence-electron chi connectivity index (χ0n) is 19.1. The molecule has 2 aromatic carbocycles. The van der Waals surface area contributed by atoms with Gasteiger partial charge >= 0.3 is 12.1 Å². The summed E-state index contributed by atoms with van der Waals surface area (Å²) in [6, 6.07) is 15.1. The summed E-state index contributed by atoms with van der Waals surface area (Å²) in [5, 5.41) is 21.7. The minimum absolute atomic E-state index is 0.0101. The molecule has 1 aliphatic carbocycles. The lowest BCUT2D eigenvalue weighted by Gasteiger charge is -2.21. The number of carboxylic acids is 1. The van der Waals surface area contributed by atoms with Gasteiger partial charge in [0.25, 0.3) is 0 Å². The van der Waals surface area contributed by atoms with Crippen molar-refractivity contribution >= 4 is 18.0 Å². The van der Waals surface area contributed by atoms with E-state index in [1.54, 1.807) is 0 Å². The van der Waals surface area contributed by atoms with E-state index in [1.165, 1.54) is 16.0 Å². The Morgan fingerprint density at radius 3 is 2.32 bits per heavy atom. The van der Waals surface area contributed by atoms with Crippen LogP contribution in [0.4, 0.5) is 4.79 Å². The molecule has 2 amide bonds. The van der Waals surface area contributed by atoms with E-state index >= 15 is 0 Å². The van der Waals surface area contributed by atoms with E-state index in [0.717, 1.165) is 11.1 Å². The molecule has 180 valence electrons. The maximum absolute atomic E-state index is 12.4. The number of benzene rings is 2. The number of likely N-dealkylation sites (tertiary alicyclic amines) is 1. The molecule has 1 unspecified atom stereocenters. The minimum Gasteiger partial charge on any atom is -0.480 e. The lowest BCUT2D eigenvalue weighted by Crippen LogP contribution is -2.40. The molecule has 3 N–H and O–H groups in total. The van der Waals surface area contributed by atoms with E-state index in [9.17, 15) is 24.6 Å². The molecule has 3 atom stereocenters. The largest absolute Gasteiger partial charge is 0.480 e. The maximum Gasteiger partial charge on any atom is 0.407 e. The van der Waals surface area contributed by atoms with Crippen LogP contribution in [0.3, 0.4) is 0 Å². The van der Waals surface area contributed by atoms with Crippen molar-refractivity contribution in [3.63, 3.8) is 0 Å². The summed E-state index contributed by atoms with van der Waals surface area (Å²) in [4.78, 5) is 37.3. The van der Waals surface area contributed by atoms with Gasteiger partial charge < -0.3 is 25.2 Å². The van der Waals surface area contributed by atoms with Crippen LogP contribution < -0.4 is 5.32 Å². The van der Waals surface area contributed by atoms with E-state index in [2.05, 4.69) is 29.6 Å². The molecule has 1 saturated heterocycles. The molecule has 0 radical (unpaired) electrons. The van der Waals surface area contributed by atoms with Crippen LogP contribution in [0, 0.1) is 0 Å². The lowest BCUT2D eigenvalue weighted by molar-refractivity contribution is -0.148. The second-order valence-corrected chi connectivity index (χ2v) is 9.05. The Balaban J connectivity index is 1.23. The highest BCUT2D eigenvalue weighted by Gasteiger charge is 2.38. The molecule has 0 aromatic heterocycles. The third-order valence-electron chi connectivity index (χ3n) is 6.62. The summed E-state index contributed by atoms with van der Waals surface area (Å²) in [6.07, 6.45) is -0.0609. The normalized spacial score (nSPS) is 19.9. The van der Waals surface area contributed by atoms with Crippen molar-refractivity contribution in [1.82, 2.24) is 10.2 Å². The molecule has 0 bridgehead atoms. The molecule has 0 saturated carbocycles. The van der Waals surface area contributed by atoms with Crippen LogP contribution in [-0.2, 0) is 14.3 Å². The quantitative estimate of drug-likeness (QED) is 0.551.